The summed E-state index contributed by atoms with van der Waals surface area (Å²) in [7, 11) is 1.69. The molecule has 1 atom stereocenters. The normalized spacial score (nSPS) is 18.5. The van der Waals surface area contributed by atoms with Gasteiger partial charge in [0.15, 0.2) is 5.82 Å². The number of carbonyl (C=O) groups is 1. The molecule has 0 unspecified atom stereocenters. The average Bonchev–Trinajstić information content (AvgIpc) is 3.20. The van der Waals surface area contributed by atoms with E-state index in [1.165, 1.54) is 10.9 Å². The van der Waals surface area contributed by atoms with Gasteiger partial charge in [-0.1, -0.05) is 17.7 Å². The summed E-state index contributed by atoms with van der Waals surface area (Å²) in [5, 5.41) is 14.4. The van der Waals surface area contributed by atoms with Gasteiger partial charge in [0.25, 0.3) is 11.8 Å². The molecule has 10 heteroatoms. The molecule has 2 bridgehead atoms. The van der Waals surface area contributed by atoms with E-state index in [0.717, 1.165) is 16.8 Å². The Balaban J connectivity index is 1.83. The Labute approximate surface area is 196 Å². The van der Waals surface area contributed by atoms with Crippen LogP contribution in [-0.2, 0) is 18.3 Å². The molecule has 2 aliphatic rings. The van der Waals surface area contributed by atoms with Crippen molar-refractivity contribution in [2.24, 2.45) is 12.0 Å². The summed E-state index contributed by atoms with van der Waals surface area (Å²) in [6.45, 7) is 7.59. The second-order valence-electron chi connectivity index (χ2n) is 9.08. The smallest absolute Gasteiger partial charge is 0.273 e. The lowest BCUT2D eigenvalue weighted by Gasteiger charge is -2.35. The van der Waals surface area contributed by atoms with Crippen LogP contribution in [0.15, 0.2) is 29.4 Å². The lowest BCUT2D eigenvalue weighted by Crippen LogP contribution is -2.48. The van der Waals surface area contributed by atoms with Gasteiger partial charge in [-0.25, -0.2) is 9.97 Å². The number of hydrogen-bond acceptors (Lipinski definition) is 8. The molecular weight excluding hydrogens is 432 g/mol. The Bertz CT molecular complexity index is 1430. The third-order valence-corrected chi connectivity index (χ3v) is 6.30. The number of nitrogens with zero attached hydrogens (tertiary/aromatic N) is 7. The van der Waals surface area contributed by atoms with Crippen LogP contribution in [0.3, 0.4) is 0 Å². The summed E-state index contributed by atoms with van der Waals surface area (Å²) in [5.74, 6) is 0.604. The first-order valence-corrected chi connectivity index (χ1v) is 10.9. The second kappa shape index (κ2) is 7.38. The van der Waals surface area contributed by atoms with Gasteiger partial charge in [0.05, 0.1) is 35.3 Å². The zero-order chi connectivity index (χ0) is 24.4. The first kappa shape index (κ1) is 21.6. The van der Waals surface area contributed by atoms with Crippen LogP contribution in [0.25, 0.3) is 11.3 Å². The number of aryl methyl sites for hydroxylation is 2. The first-order chi connectivity index (χ1) is 16.1. The number of fused-ring (bicyclic) bond motifs is 7. The van der Waals surface area contributed by atoms with Gasteiger partial charge in [-0.15, -0.1) is 0 Å². The molecule has 2 N–H and O–H groups in total. The van der Waals surface area contributed by atoms with Gasteiger partial charge in [0.2, 0.25) is 0 Å². The Morgan fingerprint density at radius 3 is 2.82 bits per heavy atom. The van der Waals surface area contributed by atoms with Crippen molar-refractivity contribution in [3.8, 4) is 23.2 Å². The fourth-order valence-corrected chi connectivity index (χ4v) is 4.55. The van der Waals surface area contributed by atoms with Crippen molar-refractivity contribution in [1.82, 2.24) is 19.7 Å². The van der Waals surface area contributed by atoms with Crippen molar-refractivity contribution in [2.75, 3.05) is 10.6 Å². The van der Waals surface area contributed by atoms with Gasteiger partial charge in [-0.3, -0.25) is 9.48 Å². The van der Waals surface area contributed by atoms with Crippen molar-refractivity contribution in [2.45, 2.75) is 45.8 Å². The number of amides is 1. The van der Waals surface area contributed by atoms with Crippen LogP contribution in [0.5, 0.6) is 5.88 Å². The minimum absolute atomic E-state index is 0.143. The molecule has 0 aliphatic carbocycles. The average molecular weight is 457 g/mol. The molecule has 1 amide bonds. The van der Waals surface area contributed by atoms with Crippen molar-refractivity contribution in [1.29, 1.82) is 5.26 Å². The van der Waals surface area contributed by atoms with Gasteiger partial charge in [-0.2, -0.15) is 15.4 Å². The molecule has 0 saturated heterocycles. The zero-order valence-corrected chi connectivity index (χ0v) is 19.6. The van der Waals surface area contributed by atoms with E-state index in [2.05, 4.69) is 26.1 Å². The van der Waals surface area contributed by atoms with Crippen LogP contribution in [0.1, 0.15) is 49.4 Å². The number of nitrogen functional groups attached to an aromatic ring is 1. The zero-order valence-electron chi connectivity index (χ0n) is 19.6. The molecule has 34 heavy (non-hydrogen) atoms. The molecule has 0 saturated carbocycles. The van der Waals surface area contributed by atoms with E-state index < -0.39 is 11.6 Å². The lowest BCUT2D eigenvalue weighted by atomic mass is 9.97. The Morgan fingerprint density at radius 1 is 1.32 bits per heavy atom. The molecule has 2 aliphatic heterocycles. The van der Waals surface area contributed by atoms with Gasteiger partial charge in [-0.05, 0) is 33.8 Å². The van der Waals surface area contributed by atoms with Crippen molar-refractivity contribution in [3.63, 3.8) is 0 Å². The maximum atomic E-state index is 13.0. The van der Waals surface area contributed by atoms with Crippen LogP contribution in [-0.4, -0.2) is 37.0 Å². The molecule has 0 fully saturated rings. The fraction of sp³-hybridized carbons (Fsp3) is 0.333. The van der Waals surface area contributed by atoms with Gasteiger partial charge in [0.1, 0.15) is 29.2 Å². The van der Waals surface area contributed by atoms with Crippen LogP contribution in [0.2, 0.25) is 0 Å². The van der Waals surface area contributed by atoms with Crippen molar-refractivity contribution >= 4 is 23.2 Å². The summed E-state index contributed by atoms with van der Waals surface area (Å²) >= 11 is 0. The molecule has 3 aromatic rings. The SMILES string of the molecule is Cc1ccc2c(c1)[C@@H](C)Oc1nc(cnc1N)-c1c(nn(C)c1C#N)CC1=NC(=O)C(C)(C)N12. The van der Waals surface area contributed by atoms with Gasteiger partial charge < -0.3 is 15.4 Å². The topological polar surface area (TPSA) is 135 Å². The van der Waals surface area contributed by atoms with Crippen molar-refractivity contribution in [3.05, 3.63) is 46.9 Å². The Morgan fingerprint density at radius 2 is 2.09 bits per heavy atom. The van der Waals surface area contributed by atoms with E-state index in [4.69, 9.17) is 10.5 Å². The standard InChI is InChI=1S/C24H24N8O2/c1-12-6-7-17-14(8-12)13(2)34-22-21(26)27-11-16(28-22)20-15(30-31(5)18(20)10-25)9-19-29-23(33)24(3,4)32(17)19/h6-8,11,13H,9H2,1-5H3,(H2,26,27)/t13-/m1/s1. The number of benzene rings is 1. The third kappa shape index (κ3) is 3.12. The highest BCUT2D eigenvalue weighted by molar-refractivity contribution is 6.17. The molecular formula is C24H24N8O2. The Hall–Kier alpha value is -4.26. The second-order valence-corrected chi connectivity index (χ2v) is 9.08. The maximum absolute atomic E-state index is 13.0. The third-order valence-electron chi connectivity index (χ3n) is 6.30. The predicted molar refractivity (Wildman–Crippen MR) is 126 cm³/mol. The number of carbonyl (C=O) groups excluding carboxylic acids is 1. The number of ether oxygens (including phenoxy) is 1. The molecule has 0 radical (unpaired) electrons. The highest BCUT2D eigenvalue weighted by Crippen LogP contribution is 2.40. The maximum Gasteiger partial charge on any atom is 0.273 e. The molecule has 0 spiro atoms. The molecule has 5 rings (SSSR count). The summed E-state index contributed by atoms with van der Waals surface area (Å²) < 4.78 is 7.71. The molecule has 10 nitrogen and oxygen atoms in total. The van der Waals surface area contributed by atoms with E-state index in [1.807, 2.05) is 50.8 Å². The predicted octanol–water partition coefficient (Wildman–Crippen LogP) is 2.86. The summed E-state index contributed by atoms with van der Waals surface area (Å²) in [4.78, 5) is 28.3. The van der Waals surface area contributed by atoms with E-state index in [1.54, 1.807) is 7.05 Å². The lowest BCUT2D eigenvalue weighted by molar-refractivity contribution is -0.120. The number of rotatable bonds is 0. The van der Waals surface area contributed by atoms with Gasteiger partial charge in [0, 0.05) is 12.6 Å². The van der Waals surface area contributed by atoms with Gasteiger partial charge >= 0.3 is 0 Å². The van der Waals surface area contributed by atoms with E-state index in [-0.39, 0.29) is 24.0 Å². The van der Waals surface area contributed by atoms with Crippen molar-refractivity contribution < 1.29 is 9.53 Å². The number of nitrogens with two attached hydrogens (primary N) is 1. The Kier molecular flexibility index (Phi) is 4.68. The fourth-order valence-electron chi connectivity index (χ4n) is 4.55. The van der Waals surface area contributed by atoms with Crippen LogP contribution in [0, 0.1) is 18.3 Å². The van der Waals surface area contributed by atoms with Crippen LogP contribution < -0.4 is 15.4 Å². The number of hydrogen-bond donors (Lipinski definition) is 1. The number of nitriles is 1. The quantitative estimate of drug-likeness (QED) is 0.545. The number of amidine groups is 1. The summed E-state index contributed by atoms with van der Waals surface area (Å²) in [5.41, 5.74) is 9.70. The minimum atomic E-state index is -0.913. The van der Waals surface area contributed by atoms with E-state index in [9.17, 15) is 10.1 Å². The minimum Gasteiger partial charge on any atom is -0.467 e. The van der Waals surface area contributed by atoms with E-state index in [0.29, 0.717) is 28.5 Å². The first-order valence-electron chi connectivity index (χ1n) is 10.9. The van der Waals surface area contributed by atoms with Crippen LogP contribution >= 0.6 is 0 Å². The largest absolute Gasteiger partial charge is 0.467 e. The molecule has 1 aromatic carbocycles. The van der Waals surface area contributed by atoms with E-state index >= 15 is 0 Å². The monoisotopic (exact) mass is 456 g/mol. The highest BCUT2D eigenvalue weighted by atomic mass is 16.5. The number of anilines is 2. The highest BCUT2D eigenvalue weighted by Gasteiger charge is 2.45. The molecule has 2 aromatic heterocycles. The molecule has 4 heterocycles. The molecule has 172 valence electrons. The number of aromatic nitrogens is 4. The summed E-state index contributed by atoms with van der Waals surface area (Å²) in [6, 6.07) is 8.18. The number of aliphatic imine (C=N–C) groups is 1. The van der Waals surface area contributed by atoms with Crippen LogP contribution in [0.4, 0.5) is 11.5 Å². The summed E-state index contributed by atoms with van der Waals surface area (Å²) in [6.07, 6.45) is 1.27.